The van der Waals surface area contributed by atoms with Gasteiger partial charge in [0.1, 0.15) is 18.5 Å². The van der Waals surface area contributed by atoms with Gasteiger partial charge in [0.25, 0.3) is 0 Å². The molecule has 1 atom stereocenters. The lowest BCUT2D eigenvalue weighted by Crippen LogP contribution is -2.44. The summed E-state index contributed by atoms with van der Waals surface area (Å²) in [5.41, 5.74) is -0.539. The standard InChI is InChI=1S/C19H32N6O4/c1-19(2,3)29-18(28)20-11-7-6-10-15(16(26)12-25-13-21-23-24-25)22-17(27)14-8-4-5-9-14/h13-15H,4-12H2,1-3H3,(H,20,28)(H,22,27). The van der Waals surface area contributed by atoms with Crippen molar-refractivity contribution >= 4 is 17.8 Å². The van der Waals surface area contributed by atoms with Crippen molar-refractivity contribution in [2.45, 2.75) is 83.9 Å². The molecule has 0 bridgehead atoms. The number of hydrogen-bond acceptors (Lipinski definition) is 7. The van der Waals surface area contributed by atoms with Gasteiger partial charge in [-0.1, -0.05) is 12.8 Å². The summed E-state index contributed by atoms with van der Waals surface area (Å²) < 4.78 is 6.54. The van der Waals surface area contributed by atoms with Crippen LogP contribution in [-0.2, 0) is 20.9 Å². The number of carbonyl (C=O) groups is 3. The summed E-state index contributed by atoms with van der Waals surface area (Å²) in [6, 6.07) is -0.589. The molecular formula is C19H32N6O4. The number of Topliss-reactive ketones (excluding diaryl/α,β-unsaturated/α-hetero) is 1. The lowest BCUT2D eigenvalue weighted by atomic mass is 10.0. The van der Waals surface area contributed by atoms with Crippen LogP contribution in [0.25, 0.3) is 0 Å². The Morgan fingerprint density at radius 1 is 1.21 bits per heavy atom. The zero-order valence-corrected chi connectivity index (χ0v) is 17.5. The van der Waals surface area contributed by atoms with Gasteiger partial charge in [0.05, 0.1) is 6.04 Å². The third kappa shape index (κ3) is 8.57. The van der Waals surface area contributed by atoms with E-state index in [4.69, 9.17) is 4.74 Å². The third-order valence-corrected chi connectivity index (χ3v) is 4.73. The van der Waals surface area contributed by atoms with Gasteiger partial charge in [0.2, 0.25) is 5.91 Å². The number of tetrazole rings is 1. The minimum absolute atomic E-state index is 0.00725. The van der Waals surface area contributed by atoms with E-state index in [1.165, 1.54) is 11.0 Å². The average Bonchev–Trinajstić information content (AvgIpc) is 3.32. The molecule has 0 radical (unpaired) electrons. The van der Waals surface area contributed by atoms with Crippen molar-refractivity contribution in [2.75, 3.05) is 6.54 Å². The van der Waals surface area contributed by atoms with Crippen molar-refractivity contribution in [1.29, 1.82) is 0 Å². The molecular weight excluding hydrogens is 376 g/mol. The van der Waals surface area contributed by atoms with Crippen LogP contribution in [0.1, 0.15) is 65.7 Å². The highest BCUT2D eigenvalue weighted by molar-refractivity contribution is 5.89. The zero-order valence-electron chi connectivity index (χ0n) is 17.5. The van der Waals surface area contributed by atoms with Crippen molar-refractivity contribution in [3.8, 4) is 0 Å². The monoisotopic (exact) mass is 408 g/mol. The minimum Gasteiger partial charge on any atom is -0.444 e. The van der Waals surface area contributed by atoms with Gasteiger partial charge >= 0.3 is 6.09 Å². The van der Waals surface area contributed by atoms with Crippen molar-refractivity contribution in [2.24, 2.45) is 5.92 Å². The second kappa shape index (κ2) is 10.9. The molecule has 162 valence electrons. The van der Waals surface area contributed by atoms with E-state index in [2.05, 4.69) is 26.2 Å². The van der Waals surface area contributed by atoms with Crippen LogP contribution in [0.2, 0.25) is 0 Å². The number of nitrogens with one attached hydrogen (secondary N) is 2. The van der Waals surface area contributed by atoms with Crippen LogP contribution in [0.5, 0.6) is 0 Å². The second-order valence-electron chi connectivity index (χ2n) is 8.44. The van der Waals surface area contributed by atoms with E-state index in [9.17, 15) is 14.4 Å². The molecule has 2 amide bonds. The van der Waals surface area contributed by atoms with Crippen molar-refractivity contribution in [3.63, 3.8) is 0 Å². The first-order chi connectivity index (χ1) is 13.7. The lowest BCUT2D eigenvalue weighted by molar-refractivity contribution is -0.130. The molecule has 1 aromatic rings. The fourth-order valence-corrected chi connectivity index (χ4v) is 3.29. The van der Waals surface area contributed by atoms with E-state index in [0.29, 0.717) is 25.8 Å². The lowest BCUT2D eigenvalue weighted by Gasteiger charge is -2.21. The number of ketones is 1. The van der Waals surface area contributed by atoms with Crippen molar-refractivity contribution in [3.05, 3.63) is 6.33 Å². The SMILES string of the molecule is CC(C)(C)OC(=O)NCCCCC(NC(=O)C1CCCC1)C(=O)Cn1cnnn1. The Morgan fingerprint density at radius 3 is 2.55 bits per heavy atom. The summed E-state index contributed by atoms with van der Waals surface area (Å²) in [6.45, 7) is 5.87. The molecule has 1 aromatic heterocycles. The van der Waals surface area contributed by atoms with Crippen LogP contribution in [0.15, 0.2) is 6.33 Å². The molecule has 1 heterocycles. The Labute approximate surface area is 171 Å². The fourth-order valence-electron chi connectivity index (χ4n) is 3.29. The van der Waals surface area contributed by atoms with Gasteiger partial charge < -0.3 is 15.4 Å². The van der Waals surface area contributed by atoms with Crippen LogP contribution in [0, 0.1) is 5.92 Å². The molecule has 0 aromatic carbocycles. The summed E-state index contributed by atoms with van der Waals surface area (Å²) in [7, 11) is 0. The third-order valence-electron chi connectivity index (χ3n) is 4.73. The molecule has 0 aliphatic heterocycles. The number of ether oxygens (including phenoxy) is 1. The number of aromatic nitrogens is 4. The van der Waals surface area contributed by atoms with Crippen molar-refractivity contribution in [1.82, 2.24) is 30.8 Å². The number of unbranched alkanes of at least 4 members (excludes halogenated alkanes) is 1. The van der Waals surface area contributed by atoms with E-state index in [0.717, 1.165) is 25.7 Å². The summed E-state index contributed by atoms with van der Waals surface area (Å²) >= 11 is 0. The van der Waals surface area contributed by atoms with Gasteiger partial charge in [0.15, 0.2) is 5.78 Å². The van der Waals surface area contributed by atoms with E-state index >= 15 is 0 Å². The van der Waals surface area contributed by atoms with Gasteiger partial charge in [0, 0.05) is 12.5 Å². The van der Waals surface area contributed by atoms with E-state index < -0.39 is 17.7 Å². The maximum Gasteiger partial charge on any atom is 0.407 e. The highest BCUT2D eigenvalue weighted by Gasteiger charge is 2.27. The Balaban J connectivity index is 1.80. The first kappa shape index (κ1) is 22.8. The van der Waals surface area contributed by atoms with Gasteiger partial charge in [-0.2, -0.15) is 0 Å². The van der Waals surface area contributed by atoms with Crippen LogP contribution in [0.4, 0.5) is 4.79 Å². The normalized spacial score (nSPS) is 15.7. The van der Waals surface area contributed by atoms with E-state index in [-0.39, 0.29) is 24.2 Å². The number of nitrogens with zero attached hydrogens (tertiary/aromatic N) is 4. The number of amides is 2. The van der Waals surface area contributed by atoms with Crippen LogP contribution >= 0.6 is 0 Å². The second-order valence-corrected chi connectivity index (χ2v) is 8.44. The van der Waals surface area contributed by atoms with Crippen LogP contribution < -0.4 is 10.6 Å². The van der Waals surface area contributed by atoms with E-state index in [1.54, 1.807) is 20.8 Å². The Hall–Kier alpha value is -2.52. The summed E-state index contributed by atoms with van der Waals surface area (Å²) in [5.74, 6) is -0.194. The van der Waals surface area contributed by atoms with Crippen LogP contribution in [-0.4, -0.2) is 56.2 Å². The molecule has 1 aliphatic rings. The summed E-state index contributed by atoms with van der Waals surface area (Å²) in [4.78, 5) is 36.8. The van der Waals surface area contributed by atoms with E-state index in [1.807, 2.05) is 0 Å². The first-order valence-electron chi connectivity index (χ1n) is 10.3. The molecule has 10 heteroatoms. The zero-order chi connectivity index (χ0) is 21.3. The Kier molecular flexibility index (Phi) is 8.53. The Bertz CT molecular complexity index is 665. The average molecular weight is 409 g/mol. The number of hydrogen-bond donors (Lipinski definition) is 2. The highest BCUT2D eigenvalue weighted by Crippen LogP contribution is 2.25. The van der Waals surface area contributed by atoms with Gasteiger partial charge in [-0.15, -0.1) is 5.10 Å². The topological polar surface area (TPSA) is 128 Å². The molecule has 1 saturated carbocycles. The highest BCUT2D eigenvalue weighted by atomic mass is 16.6. The molecule has 1 fully saturated rings. The van der Waals surface area contributed by atoms with Crippen LogP contribution in [0.3, 0.4) is 0 Å². The van der Waals surface area contributed by atoms with Gasteiger partial charge in [-0.05, 0) is 63.3 Å². The Morgan fingerprint density at radius 2 is 1.93 bits per heavy atom. The number of rotatable bonds is 10. The minimum atomic E-state index is -0.589. The molecule has 29 heavy (non-hydrogen) atoms. The molecule has 1 unspecified atom stereocenters. The quantitative estimate of drug-likeness (QED) is 0.563. The summed E-state index contributed by atoms with van der Waals surface area (Å²) in [6.07, 6.45) is 6.61. The molecule has 0 spiro atoms. The first-order valence-corrected chi connectivity index (χ1v) is 10.3. The maximum atomic E-state index is 12.7. The molecule has 1 aliphatic carbocycles. The molecule has 2 rings (SSSR count). The van der Waals surface area contributed by atoms with Crippen molar-refractivity contribution < 1.29 is 19.1 Å². The predicted octanol–water partition coefficient (Wildman–Crippen LogP) is 1.61. The molecule has 0 saturated heterocycles. The number of carbonyl (C=O) groups excluding carboxylic acids is 3. The largest absolute Gasteiger partial charge is 0.444 e. The smallest absolute Gasteiger partial charge is 0.407 e. The van der Waals surface area contributed by atoms with Gasteiger partial charge in [-0.3, -0.25) is 9.59 Å². The summed E-state index contributed by atoms with van der Waals surface area (Å²) in [5, 5.41) is 16.4. The molecule has 10 nitrogen and oxygen atoms in total. The fraction of sp³-hybridized carbons (Fsp3) is 0.789. The number of alkyl carbamates (subject to hydrolysis) is 1. The molecule has 2 N–H and O–H groups in total. The predicted molar refractivity (Wildman–Crippen MR) is 105 cm³/mol. The maximum absolute atomic E-state index is 12.7. The van der Waals surface area contributed by atoms with Gasteiger partial charge in [-0.25, -0.2) is 9.48 Å².